The lowest BCUT2D eigenvalue weighted by Gasteiger charge is -2.17. The standard InChI is InChI=1S/C16H16ClFN2O3/c1-9(11-5-4-10(18)8-13(11)17)19-14-7-6-12(16(21)23-3)15(20-14)22-2/h4-9H,1-3H3,(H,19,20). The van der Waals surface area contributed by atoms with E-state index in [0.29, 0.717) is 10.8 Å². The Balaban J connectivity index is 2.24. The summed E-state index contributed by atoms with van der Waals surface area (Å²) in [6.45, 7) is 1.86. The van der Waals surface area contributed by atoms with Crippen molar-refractivity contribution in [1.29, 1.82) is 0 Å². The number of benzene rings is 1. The molecule has 0 amide bonds. The fourth-order valence-electron chi connectivity index (χ4n) is 2.09. The average Bonchev–Trinajstić information content (AvgIpc) is 2.53. The molecule has 0 aliphatic rings. The summed E-state index contributed by atoms with van der Waals surface area (Å²) in [7, 11) is 2.70. The van der Waals surface area contributed by atoms with E-state index >= 15 is 0 Å². The molecule has 7 heteroatoms. The molecule has 0 saturated heterocycles. The summed E-state index contributed by atoms with van der Waals surface area (Å²) >= 11 is 6.05. The monoisotopic (exact) mass is 338 g/mol. The lowest BCUT2D eigenvalue weighted by atomic mass is 10.1. The molecule has 1 N–H and O–H groups in total. The highest BCUT2D eigenvalue weighted by Crippen LogP contribution is 2.27. The number of aromatic nitrogens is 1. The number of carbonyl (C=O) groups excluding carboxylic acids is 1. The first kappa shape index (κ1) is 17.0. The molecule has 1 aromatic carbocycles. The third-order valence-corrected chi connectivity index (χ3v) is 3.58. The second-order valence-corrected chi connectivity index (χ2v) is 5.18. The number of rotatable bonds is 5. The summed E-state index contributed by atoms with van der Waals surface area (Å²) in [4.78, 5) is 15.8. The zero-order valence-electron chi connectivity index (χ0n) is 12.9. The maximum Gasteiger partial charge on any atom is 0.343 e. The van der Waals surface area contributed by atoms with Crippen molar-refractivity contribution in [2.45, 2.75) is 13.0 Å². The molecule has 1 aromatic heterocycles. The molecule has 1 unspecified atom stereocenters. The number of nitrogens with one attached hydrogen (secondary N) is 1. The summed E-state index contributed by atoms with van der Waals surface area (Å²) < 4.78 is 22.9. The van der Waals surface area contributed by atoms with E-state index in [9.17, 15) is 9.18 Å². The molecular formula is C16H16ClFN2O3. The highest BCUT2D eigenvalue weighted by molar-refractivity contribution is 6.31. The molecule has 0 aliphatic heterocycles. The van der Waals surface area contributed by atoms with Crippen LogP contribution in [0.3, 0.4) is 0 Å². The number of carbonyl (C=O) groups is 1. The Kier molecular flexibility index (Phi) is 5.39. The number of ether oxygens (including phenoxy) is 2. The zero-order chi connectivity index (χ0) is 17.0. The van der Waals surface area contributed by atoms with Gasteiger partial charge in [0.1, 0.15) is 17.2 Å². The minimum Gasteiger partial charge on any atom is -0.480 e. The second kappa shape index (κ2) is 7.28. The van der Waals surface area contributed by atoms with Gasteiger partial charge in [-0.05, 0) is 36.8 Å². The number of methoxy groups -OCH3 is 2. The summed E-state index contributed by atoms with van der Waals surface area (Å²) in [6.07, 6.45) is 0. The van der Waals surface area contributed by atoms with Crippen molar-refractivity contribution in [2.75, 3.05) is 19.5 Å². The highest BCUT2D eigenvalue weighted by Gasteiger charge is 2.16. The molecule has 0 saturated carbocycles. The number of anilines is 1. The first-order valence-electron chi connectivity index (χ1n) is 6.81. The molecule has 23 heavy (non-hydrogen) atoms. The van der Waals surface area contributed by atoms with Gasteiger partial charge < -0.3 is 14.8 Å². The number of nitrogens with zero attached hydrogens (tertiary/aromatic N) is 1. The first-order valence-corrected chi connectivity index (χ1v) is 7.19. The van der Waals surface area contributed by atoms with Crippen LogP contribution in [-0.2, 0) is 4.74 Å². The van der Waals surface area contributed by atoms with Gasteiger partial charge in [0.2, 0.25) is 5.88 Å². The van der Waals surface area contributed by atoms with Gasteiger partial charge >= 0.3 is 5.97 Å². The second-order valence-electron chi connectivity index (χ2n) is 4.78. The summed E-state index contributed by atoms with van der Waals surface area (Å²) in [5.41, 5.74) is 0.957. The largest absolute Gasteiger partial charge is 0.480 e. The van der Waals surface area contributed by atoms with Crippen LogP contribution in [0.25, 0.3) is 0 Å². The Hall–Kier alpha value is -2.34. The van der Waals surface area contributed by atoms with Crippen LogP contribution in [0.15, 0.2) is 30.3 Å². The molecule has 1 heterocycles. The van der Waals surface area contributed by atoms with Crippen LogP contribution in [0.4, 0.5) is 10.2 Å². The van der Waals surface area contributed by atoms with Crippen molar-refractivity contribution in [3.63, 3.8) is 0 Å². The quantitative estimate of drug-likeness (QED) is 0.839. The van der Waals surface area contributed by atoms with Crippen molar-refractivity contribution in [3.05, 3.63) is 52.3 Å². The fraction of sp³-hybridized carbons (Fsp3) is 0.250. The zero-order valence-corrected chi connectivity index (χ0v) is 13.6. The maximum absolute atomic E-state index is 13.1. The summed E-state index contributed by atoms with van der Waals surface area (Å²) in [5, 5.41) is 3.45. The van der Waals surface area contributed by atoms with Gasteiger partial charge in [0.25, 0.3) is 0 Å². The SMILES string of the molecule is COC(=O)c1ccc(NC(C)c2ccc(F)cc2Cl)nc1OC. The Morgan fingerprint density at radius 3 is 2.65 bits per heavy atom. The van der Waals surface area contributed by atoms with E-state index in [2.05, 4.69) is 15.0 Å². The minimum absolute atomic E-state index is 0.152. The number of esters is 1. The smallest absolute Gasteiger partial charge is 0.343 e. The van der Waals surface area contributed by atoms with Gasteiger partial charge in [0.05, 0.1) is 20.3 Å². The summed E-state index contributed by atoms with van der Waals surface area (Å²) in [6, 6.07) is 7.16. The van der Waals surface area contributed by atoms with Crippen LogP contribution in [0.5, 0.6) is 5.88 Å². The Bertz CT molecular complexity index is 724. The van der Waals surface area contributed by atoms with Gasteiger partial charge in [-0.25, -0.2) is 9.18 Å². The van der Waals surface area contributed by atoms with Gasteiger partial charge in [0.15, 0.2) is 0 Å². The van der Waals surface area contributed by atoms with Crippen LogP contribution in [-0.4, -0.2) is 25.2 Å². The minimum atomic E-state index is -0.532. The fourth-order valence-corrected chi connectivity index (χ4v) is 2.42. The molecule has 2 rings (SSSR count). The molecule has 122 valence electrons. The van der Waals surface area contributed by atoms with Gasteiger partial charge in [-0.2, -0.15) is 4.98 Å². The summed E-state index contributed by atoms with van der Waals surface area (Å²) in [5.74, 6) is -0.287. The van der Waals surface area contributed by atoms with E-state index in [1.54, 1.807) is 18.2 Å². The molecule has 1 atom stereocenters. The van der Waals surface area contributed by atoms with Gasteiger partial charge in [-0.15, -0.1) is 0 Å². The Labute approximate surface area is 138 Å². The van der Waals surface area contributed by atoms with E-state index in [4.69, 9.17) is 16.3 Å². The van der Waals surface area contributed by atoms with Gasteiger partial charge in [-0.1, -0.05) is 17.7 Å². The average molecular weight is 339 g/mol. The number of hydrogen-bond acceptors (Lipinski definition) is 5. The maximum atomic E-state index is 13.1. The van der Waals surface area contributed by atoms with E-state index in [0.717, 1.165) is 5.56 Å². The molecule has 0 spiro atoms. The van der Waals surface area contributed by atoms with Crippen LogP contribution >= 0.6 is 11.6 Å². The number of halogens is 2. The predicted molar refractivity (Wildman–Crippen MR) is 85.6 cm³/mol. The number of pyridine rings is 1. The third kappa shape index (κ3) is 3.90. The van der Waals surface area contributed by atoms with Crippen LogP contribution < -0.4 is 10.1 Å². The van der Waals surface area contributed by atoms with Crippen molar-refractivity contribution in [1.82, 2.24) is 4.98 Å². The van der Waals surface area contributed by atoms with Gasteiger partial charge in [0, 0.05) is 5.02 Å². The topological polar surface area (TPSA) is 60.5 Å². The molecule has 5 nitrogen and oxygen atoms in total. The van der Waals surface area contributed by atoms with E-state index in [1.807, 2.05) is 6.92 Å². The number of hydrogen-bond donors (Lipinski definition) is 1. The third-order valence-electron chi connectivity index (χ3n) is 3.25. The van der Waals surface area contributed by atoms with Crippen molar-refractivity contribution >= 4 is 23.4 Å². The Morgan fingerprint density at radius 2 is 2.04 bits per heavy atom. The van der Waals surface area contributed by atoms with Crippen molar-refractivity contribution in [2.24, 2.45) is 0 Å². The van der Waals surface area contributed by atoms with Crippen LogP contribution in [0.2, 0.25) is 5.02 Å². The lowest BCUT2D eigenvalue weighted by Crippen LogP contribution is -2.11. The van der Waals surface area contributed by atoms with E-state index in [-0.39, 0.29) is 17.5 Å². The molecule has 0 aliphatic carbocycles. The van der Waals surface area contributed by atoms with Crippen molar-refractivity contribution in [3.8, 4) is 5.88 Å². The molecule has 0 radical (unpaired) electrons. The van der Waals surface area contributed by atoms with Crippen LogP contribution in [0, 0.1) is 5.82 Å². The molecule has 0 fully saturated rings. The van der Waals surface area contributed by atoms with E-state index < -0.39 is 11.8 Å². The molecule has 2 aromatic rings. The highest BCUT2D eigenvalue weighted by atomic mass is 35.5. The molecular weight excluding hydrogens is 323 g/mol. The normalized spacial score (nSPS) is 11.7. The predicted octanol–water partition coefficient (Wildman–Crippen LogP) is 3.84. The van der Waals surface area contributed by atoms with Crippen molar-refractivity contribution < 1.29 is 18.7 Å². The Morgan fingerprint density at radius 1 is 1.30 bits per heavy atom. The van der Waals surface area contributed by atoms with Gasteiger partial charge in [-0.3, -0.25) is 0 Å². The lowest BCUT2D eigenvalue weighted by molar-refractivity contribution is 0.0596. The van der Waals surface area contributed by atoms with E-state index in [1.165, 1.54) is 26.4 Å². The molecule has 0 bridgehead atoms. The van der Waals surface area contributed by atoms with Crippen LogP contribution in [0.1, 0.15) is 28.9 Å². The first-order chi connectivity index (χ1) is 11.0.